The number of amides is 1. The fraction of sp³-hybridized carbons (Fsp3) is 0.200. The summed E-state index contributed by atoms with van der Waals surface area (Å²) in [5.41, 5.74) is 3.24. The number of aliphatic hydroxyl groups excluding tert-OH is 1. The molecule has 0 aliphatic carbocycles. The molecule has 208 valence electrons. The minimum absolute atomic E-state index is 0.0169. The molecule has 1 heterocycles. The molecular formula is C35H33NO5. The number of anilines is 1. The Morgan fingerprint density at radius 2 is 1.51 bits per heavy atom. The van der Waals surface area contributed by atoms with Crippen LogP contribution < -0.4 is 14.4 Å². The number of Topliss-reactive ketones (excluding diaryl/α,β-unsaturated/α-hetero) is 1. The van der Waals surface area contributed by atoms with Crippen molar-refractivity contribution >= 4 is 23.1 Å². The molecule has 4 aromatic carbocycles. The number of benzene rings is 4. The number of aliphatic hydroxyl groups is 1. The summed E-state index contributed by atoms with van der Waals surface area (Å²) in [4.78, 5) is 28.8. The van der Waals surface area contributed by atoms with Crippen LogP contribution in [0.2, 0.25) is 0 Å². The minimum Gasteiger partial charge on any atom is -0.507 e. The van der Waals surface area contributed by atoms with Gasteiger partial charge in [-0.25, -0.2) is 0 Å². The number of carbonyl (C=O) groups is 2. The van der Waals surface area contributed by atoms with Crippen LogP contribution in [0, 0.1) is 6.92 Å². The number of methoxy groups -OCH3 is 1. The van der Waals surface area contributed by atoms with E-state index in [-0.39, 0.29) is 16.7 Å². The molecule has 1 unspecified atom stereocenters. The summed E-state index contributed by atoms with van der Waals surface area (Å²) in [6, 6.07) is 28.6. The molecule has 41 heavy (non-hydrogen) atoms. The third-order valence-corrected chi connectivity index (χ3v) is 7.23. The van der Waals surface area contributed by atoms with Crippen LogP contribution in [0.15, 0.2) is 103 Å². The normalized spacial score (nSPS) is 16.6. The summed E-state index contributed by atoms with van der Waals surface area (Å²) in [5.74, 6) is -0.194. The first-order valence-electron chi connectivity index (χ1n) is 13.5. The van der Waals surface area contributed by atoms with Gasteiger partial charge in [-0.1, -0.05) is 74.9 Å². The highest BCUT2D eigenvalue weighted by molar-refractivity contribution is 6.51. The Kier molecular flexibility index (Phi) is 7.41. The predicted octanol–water partition coefficient (Wildman–Crippen LogP) is 7.72. The lowest BCUT2D eigenvalue weighted by Gasteiger charge is -2.26. The molecule has 1 N–H and O–H groups in total. The maximum absolute atomic E-state index is 13.7. The predicted molar refractivity (Wildman–Crippen MR) is 161 cm³/mol. The first kappa shape index (κ1) is 27.7. The van der Waals surface area contributed by atoms with Gasteiger partial charge in [-0.3, -0.25) is 14.5 Å². The second-order valence-electron chi connectivity index (χ2n) is 11.2. The quantitative estimate of drug-likeness (QED) is 0.152. The highest BCUT2D eigenvalue weighted by atomic mass is 16.5. The third-order valence-electron chi connectivity index (χ3n) is 7.23. The van der Waals surface area contributed by atoms with E-state index in [9.17, 15) is 14.7 Å². The van der Waals surface area contributed by atoms with Crippen molar-refractivity contribution < 1.29 is 24.2 Å². The van der Waals surface area contributed by atoms with Gasteiger partial charge in [0.05, 0.1) is 24.3 Å². The second kappa shape index (κ2) is 11.0. The molecule has 1 saturated heterocycles. The zero-order valence-electron chi connectivity index (χ0n) is 23.8. The monoisotopic (exact) mass is 547 g/mol. The van der Waals surface area contributed by atoms with E-state index in [1.807, 2.05) is 79.7 Å². The van der Waals surface area contributed by atoms with Gasteiger partial charge in [0.15, 0.2) is 0 Å². The van der Waals surface area contributed by atoms with Crippen LogP contribution in [0.3, 0.4) is 0 Å². The number of ketones is 1. The van der Waals surface area contributed by atoms with Crippen LogP contribution >= 0.6 is 0 Å². The molecular weight excluding hydrogens is 514 g/mol. The molecule has 0 spiro atoms. The third kappa shape index (κ3) is 5.46. The number of aryl methyl sites for hydroxylation is 1. The minimum atomic E-state index is -0.903. The van der Waals surface area contributed by atoms with Gasteiger partial charge in [0.2, 0.25) is 0 Å². The first-order valence-corrected chi connectivity index (χ1v) is 13.5. The number of rotatable bonds is 6. The van der Waals surface area contributed by atoms with Gasteiger partial charge in [0.1, 0.15) is 23.0 Å². The number of nitrogens with zero attached hydrogens (tertiary/aromatic N) is 1. The zero-order chi connectivity index (χ0) is 29.3. The number of hydrogen-bond donors (Lipinski definition) is 1. The molecule has 0 bridgehead atoms. The zero-order valence-corrected chi connectivity index (χ0v) is 23.8. The SMILES string of the molecule is COc1ccc(C(C)(C)C)cc1/C(O)=C1\C(=O)C(=O)N(c2ccc(C)cc2)C1c1cccc(Oc2ccccc2)c1. The second-order valence-corrected chi connectivity index (χ2v) is 11.2. The summed E-state index contributed by atoms with van der Waals surface area (Å²) in [5, 5.41) is 11.8. The fourth-order valence-electron chi connectivity index (χ4n) is 5.00. The number of hydrogen-bond acceptors (Lipinski definition) is 5. The summed E-state index contributed by atoms with van der Waals surface area (Å²) in [7, 11) is 1.51. The topological polar surface area (TPSA) is 76.1 Å². The molecule has 0 radical (unpaired) electrons. The Labute approximate surface area is 240 Å². The van der Waals surface area contributed by atoms with E-state index in [4.69, 9.17) is 9.47 Å². The van der Waals surface area contributed by atoms with E-state index in [0.717, 1.165) is 11.1 Å². The number of carbonyl (C=O) groups excluding carboxylic acids is 2. The Morgan fingerprint density at radius 1 is 0.829 bits per heavy atom. The summed E-state index contributed by atoms with van der Waals surface area (Å²) < 4.78 is 11.7. The average molecular weight is 548 g/mol. The summed E-state index contributed by atoms with van der Waals surface area (Å²) >= 11 is 0. The standard InChI is InChI=1S/C35H33NO5/c1-22-14-17-25(18-15-22)36-31(23-10-9-13-27(20-23)41-26-11-7-6-8-12-26)30(33(38)34(36)39)32(37)28-21-24(35(2,3)4)16-19-29(28)40-5/h6-21,31,37H,1-5H3/b32-30+. The maximum Gasteiger partial charge on any atom is 0.300 e. The Bertz CT molecular complexity index is 1630. The lowest BCUT2D eigenvalue weighted by atomic mass is 9.85. The highest BCUT2D eigenvalue weighted by Gasteiger charge is 2.47. The molecule has 1 fully saturated rings. The molecule has 0 saturated carbocycles. The van der Waals surface area contributed by atoms with Crippen molar-refractivity contribution in [2.75, 3.05) is 12.0 Å². The van der Waals surface area contributed by atoms with Gasteiger partial charge >= 0.3 is 0 Å². The number of para-hydroxylation sites is 1. The van der Waals surface area contributed by atoms with E-state index in [1.54, 1.807) is 24.3 Å². The van der Waals surface area contributed by atoms with Crippen molar-refractivity contribution in [3.63, 3.8) is 0 Å². The van der Waals surface area contributed by atoms with Gasteiger partial charge in [-0.05, 0) is 72.0 Å². The van der Waals surface area contributed by atoms with Gasteiger partial charge in [-0.15, -0.1) is 0 Å². The largest absolute Gasteiger partial charge is 0.507 e. The summed E-state index contributed by atoms with van der Waals surface area (Å²) in [6.45, 7) is 8.14. The lowest BCUT2D eigenvalue weighted by Crippen LogP contribution is -2.29. The van der Waals surface area contributed by atoms with Crippen molar-refractivity contribution in [1.29, 1.82) is 0 Å². The molecule has 0 aromatic heterocycles. The molecule has 5 rings (SSSR count). The van der Waals surface area contributed by atoms with Crippen LogP contribution in [0.1, 0.15) is 49.1 Å². The number of ether oxygens (including phenoxy) is 2. The van der Waals surface area contributed by atoms with Crippen molar-refractivity contribution in [3.05, 3.63) is 125 Å². The van der Waals surface area contributed by atoms with Crippen LogP contribution in [-0.4, -0.2) is 23.9 Å². The van der Waals surface area contributed by atoms with E-state index >= 15 is 0 Å². The Morgan fingerprint density at radius 3 is 2.17 bits per heavy atom. The van der Waals surface area contributed by atoms with Crippen LogP contribution in [-0.2, 0) is 15.0 Å². The molecule has 6 heteroatoms. The molecule has 1 aliphatic rings. The molecule has 1 atom stereocenters. The molecule has 1 aliphatic heterocycles. The lowest BCUT2D eigenvalue weighted by molar-refractivity contribution is -0.132. The molecule has 6 nitrogen and oxygen atoms in total. The Hall–Kier alpha value is -4.84. The summed E-state index contributed by atoms with van der Waals surface area (Å²) in [6.07, 6.45) is 0. The fourth-order valence-corrected chi connectivity index (χ4v) is 5.00. The van der Waals surface area contributed by atoms with Crippen LogP contribution in [0.5, 0.6) is 17.2 Å². The van der Waals surface area contributed by atoms with Gasteiger partial charge < -0.3 is 14.6 Å². The average Bonchev–Trinajstić information content (AvgIpc) is 3.23. The molecule has 1 amide bonds. The molecule has 4 aromatic rings. The first-order chi connectivity index (χ1) is 19.6. The van der Waals surface area contributed by atoms with Crippen molar-refractivity contribution in [2.24, 2.45) is 0 Å². The van der Waals surface area contributed by atoms with Crippen LogP contribution in [0.4, 0.5) is 5.69 Å². The van der Waals surface area contributed by atoms with Gasteiger partial charge in [0, 0.05) is 5.69 Å². The van der Waals surface area contributed by atoms with Crippen molar-refractivity contribution in [2.45, 2.75) is 39.2 Å². The Balaban J connectivity index is 1.72. The van der Waals surface area contributed by atoms with E-state index in [0.29, 0.717) is 34.1 Å². The van der Waals surface area contributed by atoms with Gasteiger partial charge in [-0.2, -0.15) is 0 Å². The van der Waals surface area contributed by atoms with Crippen molar-refractivity contribution in [3.8, 4) is 17.2 Å². The maximum atomic E-state index is 13.7. The van der Waals surface area contributed by atoms with Crippen LogP contribution in [0.25, 0.3) is 5.76 Å². The van der Waals surface area contributed by atoms with Gasteiger partial charge in [0.25, 0.3) is 11.7 Å². The van der Waals surface area contributed by atoms with Crippen molar-refractivity contribution in [1.82, 2.24) is 0 Å². The van der Waals surface area contributed by atoms with E-state index in [1.165, 1.54) is 12.0 Å². The highest BCUT2D eigenvalue weighted by Crippen LogP contribution is 2.44. The smallest absolute Gasteiger partial charge is 0.300 e. The van der Waals surface area contributed by atoms with E-state index < -0.39 is 17.7 Å². The van der Waals surface area contributed by atoms with E-state index in [2.05, 4.69) is 20.8 Å².